The monoisotopic (exact) mass is 470 g/mol. The van der Waals surface area contributed by atoms with Gasteiger partial charge in [0.15, 0.2) is 0 Å². The third-order valence-corrected chi connectivity index (χ3v) is 6.48. The van der Waals surface area contributed by atoms with Crippen LogP contribution in [-0.4, -0.2) is 44.6 Å². The fourth-order valence-electron chi connectivity index (χ4n) is 3.75. The van der Waals surface area contributed by atoms with Crippen LogP contribution in [0.2, 0.25) is 0 Å². The molecule has 1 aliphatic rings. The van der Waals surface area contributed by atoms with Crippen molar-refractivity contribution in [1.29, 1.82) is 0 Å². The van der Waals surface area contributed by atoms with Crippen LogP contribution in [0.3, 0.4) is 0 Å². The number of rotatable bonds is 8. The van der Waals surface area contributed by atoms with Gasteiger partial charge in [0.1, 0.15) is 28.3 Å². The average Bonchev–Trinajstić information content (AvgIpc) is 2.69. The van der Waals surface area contributed by atoms with Crippen molar-refractivity contribution in [2.75, 3.05) is 12.3 Å². The summed E-state index contributed by atoms with van der Waals surface area (Å²) in [6, 6.07) is 7.16. The van der Waals surface area contributed by atoms with Crippen LogP contribution in [-0.2, 0) is 17.6 Å². The van der Waals surface area contributed by atoms with E-state index in [-0.39, 0.29) is 18.7 Å². The number of carbonyl (C=O) groups is 1. The minimum absolute atomic E-state index is 0.0106. The molecular formula is C22H28F2N2O5S. The number of hydrogen-bond acceptors (Lipinski definition) is 6. The Balaban J connectivity index is 1.75. The molecule has 0 radical (unpaired) electrons. The smallest absolute Gasteiger partial charge is 0.217 e. The second kappa shape index (κ2) is 10.1. The Hall–Kier alpha value is -2.24. The molecule has 2 aromatic carbocycles. The number of fused-ring (bicyclic) bond motifs is 1. The first-order chi connectivity index (χ1) is 15.1. The van der Waals surface area contributed by atoms with E-state index in [1.807, 2.05) is 19.1 Å². The summed E-state index contributed by atoms with van der Waals surface area (Å²) in [7, 11) is -3.31. The van der Waals surface area contributed by atoms with Crippen LogP contribution in [0, 0.1) is 11.6 Å². The van der Waals surface area contributed by atoms with E-state index in [1.54, 1.807) is 6.07 Å². The van der Waals surface area contributed by atoms with Gasteiger partial charge in [-0.1, -0.05) is 19.1 Å². The Labute approximate surface area is 187 Å². The summed E-state index contributed by atoms with van der Waals surface area (Å²) in [6.45, 7) is 3.27. The molecule has 3 rings (SSSR count). The summed E-state index contributed by atoms with van der Waals surface area (Å²) in [4.78, 5) is 11.6. The number of carbonyl (C=O) groups excluding carboxylic acids is 1. The highest BCUT2D eigenvalue weighted by Crippen LogP contribution is 2.50. The Bertz CT molecular complexity index is 955. The predicted molar refractivity (Wildman–Crippen MR) is 119 cm³/mol. The lowest BCUT2D eigenvalue weighted by Gasteiger charge is -2.38. The summed E-state index contributed by atoms with van der Waals surface area (Å²) >= 11 is 0. The molecule has 0 aromatic heterocycles. The molecule has 3 atom stereocenters. The standard InChI is InChI=1S/C22H28F2N2O5S/c1-3-14-4-5-22-18(8-14)20(12-32(29,30)31-22)25-11-21(28)19(26-13(2)27)9-15-6-16(23)10-17(24)7-15/h4-8,10,19-21,25,28-30H,3,9,11-12H2,1-2H3,(H,26,27)/t19-,20?,21+/m0/s1. The molecule has 0 bridgehead atoms. The largest absolute Gasteiger partial charge is 0.403 e. The van der Waals surface area contributed by atoms with Crippen molar-refractivity contribution in [2.45, 2.75) is 44.9 Å². The maximum Gasteiger partial charge on any atom is 0.217 e. The highest BCUT2D eigenvalue weighted by molar-refractivity contribution is 8.20. The molecule has 0 fully saturated rings. The average molecular weight is 471 g/mol. The van der Waals surface area contributed by atoms with Crippen molar-refractivity contribution in [3.63, 3.8) is 0 Å². The van der Waals surface area contributed by atoms with E-state index in [9.17, 15) is 27.8 Å². The lowest BCUT2D eigenvalue weighted by Crippen LogP contribution is -2.49. The van der Waals surface area contributed by atoms with Crippen LogP contribution in [0.4, 0.5) is 8.78 Å². The van der Waals surface area contributed by atoms with E-state index < -0.39 is 46.6 Å². The van der Waals surface area contributed by atoms with Gasteiger partial charge in [-0.05, 0) is 42.2 Å². The van der Waals surface area contributed by atoms with E-state index in [4.69, 9.17) is 4.18 Å². The second-order valence-electron chi connectivity index (χ2n) is 7.90. The Morgan fingerprint density at radius 1 is 1.19 bits per heavy atom. The van der Waals surface area contributed by atoms with Crippen molar-refractivity contribution < 1.29 is 32.0 Å². The molecule has 10 heteroatoms. The number of aryl methyl sites for hydroxylation is 1. The fourth-order valence-corrected chi connectivity index (χ4v) is 4.99. The Morgan fingerprint density at radius 2 is 1.88 bits per heavy atom. The summed E-state index contributed by atoms with van der Waals surface area (Å²) < 4.78 is 52.7. The van der Waals surface area contributed by atoms with Gasteiger partial charge in [0.25, 0.3) is 0 Å². The zero-order valence-corrected chi connectivity index (χ0v) is 18.7. The fraction of sp³-hybridized carbons (Fsp3) is 0.409. The SMILES string of the molecule is CCc1ccc2c(c1)C(NC[C@@H](O)[C@H](Cc1cc(F)cc(F)c1)NC(C)=O)CS(O)(O)O2. The normalized spacial score (nSPS) is 19.9. The van der Waals surface area contributed by atoms with Gasteiger partial charge in [0.2, 0.25) is 5.91 Å². The Kier molecular flexibility index (Phi) is 7.73. The minimum Gasteiger partial charge on any atom is -0.403 e. The zero-order valence-electron chi connectivity index (χ0n) is 17.8. The maximum atomic E-state index is 13.5. The first kappa shape index (κ1) is 24.4. The molecular weight excluding hydrogens is 442 g/mol. The maximum absolute atomic E-state index is 13.5. The predicted octanol–water partition coefficient (Wildman–Crippen LogP) is 3.32. The molecule has 0 saturated carbocycles. The third kappa shape index (κ3) is 6.39. The lowest BCUT2D eigenvalue weighted by molar-refractivity contribution is -0.120. The van der Waals surface area contributed by atoms with Crippen molar-refractivity contribution in [3.8, 4) is 5.75 Å². The summed E-state index contributed by atoms with van der Waals surface area (Å²) in [6.07, 6.45) is -0.322. The Morgan fingerprint density at radius 3 is 2.50 bits per heavy atom. The van der Waals surface area contributed by atoms with Crippen LogP contribution >= 0.6 is 10.9 Å². The van der Waals surface area contributed by atoms with Crippen molar-refractivity contribution in [2.24, 2.45) is 0 Å². The highest BCUT2D eigenvalue weighted by Gasteiger charge is 2.35. The third-order valence-electron chi connectivity index (χ3n) is 5.27. The van der Waals surface area contributed by atoms with E-state index in [0.717, 1.165) is 35.7 Å². The molecule has 0 spiro atoms. The number of hydrogen-bond donors (Lipinski definition) is 5. The second-order valence-corrected chi connectivity index (χ2v) is 9.61. The number of benzene rings is 2. The van der Waals surface area contributed by atoms with E-state index in [0.29, 0.717) is 11.3 Å². The number of aliphatic hydroxyl groups is 1. The van der Waals surface area contributed by atoms with Crippen molar-refractivity contribution in [3.05, 3.63) is 64.7 Å². The quantitative estimate of drug-likeness (QED) is 0.405. The number of halogens is 2. The molecule has 0 aliphatic carbocycles. The summed E-state index contributed by atoms with van der Waals surface area (Å²) in [5.74, 6) is -1.63. The number of aliphatic hydroxyl groups excluding tert-OH is 1. The zero-order chi connectivity index (χ0) is 23.5. The molecule has 1 unspecified atom stereocenters. The highest BCUT2D eigenvalue weighted by atomic mass is 32.3. The van der Waals surface area contributed by atoms with Gasteiger partial charge in [-0.3, -0.25) is 13.9 Å². The summed E-state index contributed by atoms with van der Waals surface area (Å²) in [5.41, 5.74) is 2.08. The number of nitrogens with one attached hydrogen (secondary N) is 2. The molecule has 0 saturated heterocycles. The lowest BCUT2D eigenvalue weighted by atomic mass is 9.99. The van der Waals surface area contributed by atoms with Gasteiger partial charge in [-0.15, -0.1) is 0 Å². The summed E-state index contributed by atoms with van der Waals surface area (Å²) in [5, 5.41) is 16.5. The molecule has 1 aliphatic heterocycles. The van der Waals surface area contributed by atoms with Crippen molar-refractivity contribution >= 4 is 16.8 Å². The van der Waals surface area contributed by atoms with Gasteiger partial charge in [0, 0.05) is 25.1 Å². The molecule has 2 aromatic rings. The molecule has 176 valence electrons. The van der Waals surface area contributed by atoms with Crippen LogP contribution in [0.25, 0.3) is 0 Å². The first-order valence-electron chi connectivity index (χ1n) is 10.3. The van der Waals surface area contributed by atoms with Gasteiger partial charge in [0.05, 0.1) is 23.9 Å². The van der Waals surface area contributed by atoms with Gasteiger partial charge >= 0.3 is 0 Å². The van der Waals surface area contributed by atoms with Gasteiger partial charge in [-0.25, -0.2) is 8.78 Å². The molecule has 1 amide bonds. The van der Waals surface area contributed by atoms with Crippen LogP contribution < -0.4 is 14.8 Å². The van der Waals surface area contributed by atoms with Crippen molar-refractivity contribution in [1.82, 2.24) is 10.6 Å². The number of amides is 1. The minimum atomic E-state index is -3.31. The van der Waals surface area contributed by atoms with Crippen LogP contribution in [0.5, 0.6) is 5.75 Å². The van der Waals surface area contributed by atoms with E-state index in [1.165, 1.54) is 6.92 Å². The van der Waals surface area contributed by atoms with Gasteiger partial charge in [-0.2, -0.15) is 0 Å². The topological polar surface area (TPSA) is 111 Å². The van der Waals surface area contributed by atoms with Crippen LogP contribution in [0.1, 0.15) is 36.6 Å². The van der Waals surface area contributed by atoms with E-state index in [2.05, 4.69) is 10.6 Å². The van der Waals surface area contributed by atoms with E-state index >= 15 is 0 Å². The van der Waals surface area contributed by atoms with Gasteiger partial charge < -0.3 is 19.9 Å². The molecule has 1 heterocycles. The molecule has 5 N–H and O–H groups in total. The molecule has 7 nitrogen and oxygen atoms in total. The first-order valence-corrected chi connectivity index (χ1v) is 11.9. The molecule has 32 heavy (non-hydrogen) atoms. The van der Waals surface area contributed by atoms with Crippen LogP contribution in [0.15, 0.2) is 36.4 Å².